The fraction of sp³-hybridized carbons (Fsp3) is 0.800. The highest BCUT2D eigenvalue weighted by molar-refractivity contribution is 5.55. The molecular formula is C5H7F3NO. The molecule has 2 nitrogen and oxygen atoms in total. The summed E-state index contributed by atoms with van der Waals surface area (Å²) in [7, 11) is 0. The summed E-state index contributed by atoms with van der Waals surface area (Å²) in [4.78, 5) is 3.83. The van der Waals surface area contributed by atoms with Crippen LogP contribution in [0, 0.1) is 0 Å². The fourth-order valence-electron chi connectivity index (χ4n) is 0.216. The summed E-state index contributed by atoms with van der Waals surface area (Å²) < 4.78 is 33.8. The predicted molar refractivity (Wildman–Crippen MR) is 29.7 cm³/mol. The zero-order valence-electron chi connectivity index (χ0n) is 5.40. The first-order valence-corrected chi connectivity index (χ1v) is 2.68. The highest BCUT2D eigenvalue weighted by Crippen LogP contribution is 2.14. The molecule has 0 bridgehead atoms. The second kappa shape index (κ2) is 4.14. The highest BCUT2D eigenvalue weighted by Gasteiger charge is 2.28. The molecule has 0 spiro atoms. The maximum absolute atomic E-state index is 11.3. The molecule has 0 saturated carbocycles. The van der Waals surface area contributed by atoms with E-state index in [1.54, 1.807) is 6.92 Å². The lowest BCUT2D eigenvalue weighted by molar-refractivity contribution is -0.173. The van der Waals surface area contributed by atoms with Gasteiger partial charge in [-0.25, -0.2) is 0 Å². The van der Waals surface area contributed by atoms with E-state index in [-0.39, 0.29) is 0 Å². The van der Waals surface area contributed by atoms with Crippen molar-refractivity contribution in [3.63, 3.8) is 0 Å². The van der Waals surface area contributed by atoms with Crippen LogP contribution in [0.3, 0.4) is 0 Å². The topological polar surface area (TPSA) is 21.6 Å². The SMILES string of the molecule is CC/[C]=N\OCC(F)(F)F. The van der Waals surface area contributed by atoms with Crippen LogP contribution >= 0.6 is 0 Å². The van der Waals surface area contributed by atoms with E-state index in [0.29, 0.717) is 6.42 Å². The van der Waals surface area contributed by atoms with Crippen LogP contribution in [0.2, 0.25) is 0 Å². The quantitative estimate of drug-likeness (QED) is 0.449. The van der Waals surface area contributed by atoms with Gasteiger partial charge in [0.25, 0.3) is 0 Å². The van der Waals surface area contributed by atoms with Crippen LogP contribution < -0.4 is 0 Å². The smallest absolute Gasteiger partial charge is 0.386 e. The largest absolute Gasteiger partial charge is 0.425 e. The maximum Gasteiger partial charge on any atom is 0.425 e. The van der Waals surface area contributed by atoms with E-state index in [1.807, 2.05) is 0 Å². The van der Waals surface area contributed by atoms with Crippen LogP contribution in [0.25, 0.3) is 0 Å². The molecule has 10 heavy (non-hydrogen) atoms. The van der Waals surface area contributed by atoms with Crippen LogP contribution in [-0.4, -0.2) is 19.0 Å². The summed E-state index contributed by atoms with van der Waals surface area (Å²) in [6.45, 7) is 0.348. The molecule has 0 fully saturated rings. The average Bonchev–Trinajstić information content (AvgIpc) is 1.78. The first-order valence-electron chi connectivity index (χ1n) is 2.68. The number of nitrogens with zero attached hydrogens (tertiary/aromatic N) is 1. The molecule has 0 aromatic carbocycles. The Balaban J connectivity index is 3.28. The Morgan fingerprint density at radius 2 is 2.10 bits per heavy atom. The van der Waals surface area contributed by atoms with Gasteiger partial charge in [0.1, 0.15) is 6.21 Å². The number of hydrogen-bond acceptors (Lipinski definition) is 2. The monoisotopic (exact) mass is 154 g/mol. The fourth-order valence-corrected chi connectivity index (χ4v) is 0.216. The third-order valence-electron chi connectivity index (χ3n) is 0.515. The van der Waals surface area contributed by atoms with Gasteiger partial charge in [0.2, 0.25) is 6.61 Å². The first-order chi connectivity index (χ1) is 4.56. The van der Waals surface area contributed by atoms with Crippen molar-refractivity contribution >= 4 is 6.21 Å². The summed E-state index contributed by atoms with van der Waals surface area (Å²) in [6, 6.07) is 0. The van der Waals surface area contributed by atoms with E-state index >= 15 is 0 Å². The van der Waals surface area contributed by atoms with Crippen molar-refractivity contribution in [2.45, 2.75) is 19.5 Å². The molecule has 5 heteroatoms. The van der Waals surface area contributed by atoms with Crippen molar-refractivity contribution in [1.82, 2.24) is 0 Å². The van der Waals surface area contributed by atoms with Crippen molar-refractivity contribution in [2.75, 3.05) is 6.61 Å². The van der Waals surface area contributed by atoms with Crippen molar-refractivity contribution in [3.8, 4) is 0 Å². The van der Waals surface area contributed by atoms with Gasteiger partial charge in [0, 0.05) is 0 Å². The van der Waals surface area contributed by atoms with Gasteiger partial charge in [-0.15, -0.1) is 0 Å². The molecule has 0 aliphatic carbocycles. The summed E-state index contributed by atoms with van der Waals surface area (Å²) in [5.74, 6) is 0. The van der Waals surface area contributed by atoms with Gasteiger partial charge in [-0.1, -0.05) is 12.1 Å². The molecule has 59 valence electrons. The van der Waals surface area contributed by atoms with Crippen LogP contribution in [-0.2, 0) is 4.84 Å². The summed E-state index contributed by atoms with van der Waals surface area (Å²) in [6.07, 6.45) is -1.64. The Labute approximate surface area is 56.7 Å². The van der Waals surface area contributed by atoms with E-state index in [0.717, 1.165) is 0 Å². The molecule has 0 heterocycles. The van der Waals surface area contributed by atoms with Gasteiger partial charge in [-0.3, -0.25) is 0 Å². The van der Waals surface area contributed by atoms with Gasteiger partial charge in [-0.2, -0.15) is 13.2 Å². The summed E-state index contributed by atoms with van der Waals surface area (Å²) >= 11 is 0. The lowest BCUT2D eigenvalue weighted by Crippen LogP contribution is -2.14. The number of alkyl halides is 3. The van der Waals surface area contributed by atoms with E-state index < -0.39 is 12.8 Å². The molecule has 0 amide bonds. The molecule has 0 aliphatic rings. The zero-order chi connectivity index (χ0) is 8.04. The Morgan fingerprint density at radius 3 is 2.50 bits per heavy atom. The minimum atomic E-state index is -4.31. The van der Waals surface area contributed by atoms with Crippen molar-refractivity contribution in [3.05, 3.63) is 0 Å². The number of halogens is 3. The van der Waals surface area contributed by atoms with Crippen molar-refractivity contribution in [2.24, 2.45) is 5.16 Å². The highest BCUT2D eigenvalue weighted by atomic mass is 19.4. The Kier molecular flexibility index (Phi) is 3.83. The van der Waals surface area contributed by atoms with Crippen LogP contribution in [0.5, 0.6) is 0 Å². The molecule has 0 aromatic rings. The zero-order valence-corrected chi connectivity index (χ0v) is 5.40. The third-order valence-corrected chi connectivity index (χ3v) is 0.515. The molecule has 0 aliphatic heterocycles. The Hall–Kier alpha value is -0.740. The van der Waals surface area contributed by atoms with E-state index in [2.05, 4.69) is 16.2 Å². The second-order valence-electron chi connectivity index (χ2n) is 1.49. The molecule has 0 saturated heterocycles. The molecule has 1 radical (unpaired) electrons. The van der Waals surface area contributed by atoms with Gasteiger partial charge >= 0.3 is 6.18 Å². The van der Waals surface area contributed by atoms with Gasteiger partial charge < -0.3 is 4.84 Å². The summed E-state index contributed by atoms with van der Waals surface area (Å²) in [5, 5.41) is 2.91. The Morgan fingerprint density at radius 1 is 1.50 bits per heavy atom. The van der Waals surface area contributed by atoms with E-state index in [4.69, 9.17) is 0 Å². The van der Waals surface area contributed by atoms with Gasteiger partial charge in [0.15, 0.2) is 0 Å². The lowest BCUT2D eigenvalue weighted by atomic mass is 10.6. The molecule has 0 atom stereocenters. The van der Waals surface area contributed by atoms with Gasteiger partial charge in [-0.05, 0) is 6.42 Å². The molecule has 0 unspecified atom stereocenters. The minimum Gasteiger partial charge on any atom is -0.386 e. The molecule has 0 rings (SSSR count). The maximum atomic E-state index is 11.3. The standard InChI is InChI=1S/C5H7F3NO/c1-2-3-9-10-4-5(6,7)8/h2,4H2,1H3. The van der Waals surface area contributed by atoms with Crippen LogP contribution in [0.4, 0.5) is 13.2 Å². The third kappa shape index (κ3) is 7.26. The predicted octanol–water partition coefficient (Wildman–Crippen LogP) is 1.84. The molecule has 0 aromatic heterocycles. The van der Waals surface area contributed by atoms with E-state index in [9.17, 15) is 13.2 Å². The first kappa shape index (κ1) is 9.26. The normalized spacial score (nSPS) is 12.4. The molecule has 0 N–H and O–H groups in total. The number of rotatable bonds is 3. The second-order valence-corrected chi connectivity index (χ2v) is 1.49. The van der Waals surface area contributed by atoms with Crippen LogP contribution in [0.1, 0.15) is 13.3 Å². The van der Waals surface area contributed by atoms with E-state index in [1.165, 1.54) is 0 Å². The molecular weight excluding hydrogens is 147 g/mol. The lowest BCUT2D eigenvalue weighted by Gasteiger charge is -2.01. The minimum absolute atomic E-state index is 0.442. The van der Waals surface area contributed by atoms with Crippen molar-refractivity contribution in [1.29, 1.82) is 0 Å². The summed E-state index contributed by atoms with van der Waals surface area (Å²) in [5.41, 5.74) is 0. The van der Waals surface area contributed by atoms with Gasteiger partial charge in [0.05, 0.1) is 0 Å². The number of hydrogen-bond donors (Lipinski definition) is 0. The van der Waals surface area contributed by atoms with Crippen LogP contribution in [0.15, 0.2) is 5.16 Å². The van der Waals surface area contributed by atoms with Crippen molar-refractivity contribution < 1.29 is 18.0 Å². The average molecular weight is 154 g/mol. The Bertz CT molecular complexity index is 110.